The van der Waals surface area contributed by atoms with Crippen LogP contribution in [-0.2, 0) is 16.6 Å². The van der Waals surface area contributed by atoms with Crippen LogP contribution in [0.15, 0.2) is 42.5 Å². The third kappa shape index (κ3) is 7.85. The highest BCUT2D eigenvalue weighted by Crippen LogP contribution is 2.31. The maximum absolute atomic E-state index is 11.0. The number of methoxy groups -OCH3 is 1. The zero-order valence-corrected chi connectivity index (χ0v) is 22.1. The first-order chi connectivity index (χ1) is 17.1. The van der Waals surface area contributed by atoms with Crippen molar-refractivity contribution in [3.63, 3.8) is 0 Å². The van der Waals surface area contributed by atoms with Crippen LogP contribution >= 0.6 is 0 Å². The van der Waals surface area contributed by atoms with Gasteiger partial charge in [0.1, 0.15) is 5.75 Å². The van der Waals surface area contributed by atoms with E-state index in [1.54, 1.807) is 13.2 Å². The SMILES string of the molecule is COc1ccc(CC(O)CN2CCN(Oc3ccccc3OCCC(=O)O)CC2C)c(C(C)(C)C)c1. The molecule has 8 nitrogen and oxygen atoms in total. The zero-order valence-electron chi connectivity index (χ0n) is 22.1. The number of hydroxylamine groups is 2. The summed E-state index contributed by atoms with van der Waals surface area (Å²) in [5, 5.41) is 21.7. The number of aliphatic hydroxyl groups is 1. The van der Waals surface area contributed by atoms with Crippen LogP contribution in [0.2, 0.25) is 0 Å². The number of rotatable bonds is 11. The molecule has 1 fully saturated rings. The third-order valence-electron chi connectivity index (χ3n) is 6.40. The van der Waals surface area contributed by atoms with E-state index in [2.05, 4.69) is 44.7 Å². The van der Waals surface area contributed by atoms with Crippen LogP contribution in [0.1, 0.15) is 45.2 Å². The molecule has 0 radical (unpaired) electrons. The average molecular weight is 501 g/mol. The minimum absolute atomic E-state index is 0.0481. The number of benzene rings is 2. The van der Waals surface area contributed by atoms with Crippen LogP contribution in [0.5, 0.6) is 17.2 Å². The molecule has 2 N–H and O–H groups in total. The molecule has 0 bridgehead atoms. The summed E-state index contributed by atoms with van der Waals surface area (Å²) in [4.78, 5) is 19.2. The lowest BCUT2D eigenvalue weighted by Crippen LogP contribution is -2.54. The Morgan fingerprint density at radius 2 is 1.86 bits per heavy atom. The number of carboxylic acids is 1. The number of ether oxygens (including phenoxy) is 2. The Bertz CT molecular complexity index is 1010. The molecule has 3 rings (SSSR count). The second-order valence-electron chi connectivity index (χ2n) is 10.4. The standard InChI is InChI=1S/C28H40N2O6/c1-20-18-30(36-26-9-7-6-8-25(26)35-15-12-27(32)33)14-13-29(20)19-22(31)16-21-10-11-23(34-5)17-24(21)28(2,3)4/h6-11,17,20,22,31H,12-16,18-19H2,1-5H3,(H,32,33). The Kier molecular flexibility index (Phi) is 9.59. The number of piperazine rings is 1. The van der Waals surface area contributed by atoms with Crippen molar-refractivity contribution in [3.05, 3.63) is 53.6 Å². The van der Waals surface area contributed by atoms with Crippen molar-refractivity contribution < 1.29 is 29.3 Å². The van der Waals surface area contributed by atoms with Gasteiger partial charge in [0.25, 0.3) is 0 Å². The van der Waals surface area contributed by atoms with Gasteiger partial charge in [0, 0.05) is 25.7 Å². The van der Waals surface area contributed by atoms with Crippen LogP contribution in [0, 0.1) is 0 Å². The molecule has 1 saturated heterocycles. The molecule has 2 aromatic rings. The first kappa shape index (κ1) is 27.8. The molecule has 2 atom stereocenters. The Morgan fingerprint density at radius 1 is 1.14 bits per heavy atom. The van der Waals surface area contributed by atoms with Gasteiger partial charge in [0.2, 0.25) is 0 Å². The van der Waals surface area contributed by atoms with Gasteiger partial charge in [-0.25, -0.2) is 0 Å². The van der Waals surface area contributed by atoms with Crippen molar-refractivity contribution in [2.75, 3.05) is 39.9 Å². The Hall–Kier alpha value is -2.81. The van der Waals surface area contributed by atoms with Crippen LogP contribution in [0.3, 0.4) is 0 Å². The Labute approximate surface area is 214 Å². The Morgan fingerprint density at radius 3 is 2.50 bits per heavy atom. The van der Waals surface area contributed by atoms with E-state index in [9.17, 15) is 9.90 Å². The lowest BCUT2D eigenvalue weighted by molar-refractivity contribution is -0.137. The summed E-state index contributed by atoms with van der Waals surface area (Å²) in [6.45, 7) is 11.4. The first-order valence-corrected chi connectivity index (χ1v) is 12.5. The van der Waals surface area contributed by atoms with Crippen molar-refractivity contribution in [3.8, 4) is 17.2 Å². The van der Waals surface area contributed by atoms with Crippen molar-refractivity contribution in [1.82, 2.24) is 9.96 Å². The largest absolute Gasteiger partial charge is 0.497 e. The lowest BCUT2D eigenvalue weighted by atomic mass is 9.82. The monoisotopic (exact) mass is 500 g/mol. The molecule has 198 valence electrons. The van der Waals surface area contributed by atoms with E-state index in [1.807, 2.05) is 29.3 Å². The van der Waals surface area contributed by atoms with Gasteiger partial charge >= 0.3 is 5.97 Å². The van der Waals surface area contributed by atoms with Crippen LogP contribution in [-0.4, -0.2) is 78.2 Å². The highest BCUT2D eigenvalue weighted by atomic mass is 16.7. The Balaban J connectivity index is 1.56. The maximum Gasteiger partial charge on any atom is 0.306 e. The number of hydrogen-bond acceptors (Lipinski definition) is 7. The molecule has 0 aliphatic carbocycles. The summed E-state index contributed by atoms with van der Waals surface area (Å²) >= 11 is 0. The molecule has 8 heteroatoms. The minimum atomic E-state index is -0.901. The van der Waals surface area contributed by atoms with Crippen molar-refractivity contribution >= 4 is 5.97 Å². The van der Waals surface area contributed by atoms with E-state index in [4.69, 9.17) is 19.4 Å². The van der Waals surface area contributed by atoms with Gasteiger partial charge in [-0.1, -0.05) is 39.0 Å². The third-order valence-corrected chi connectivity index (χ3v) is 6.40. The molecule has 36 heavy (non-hydrogen) atoms. The van der Waals surface area contributed by atoms with Gasteiger partial charge in [0.15, 0.2) is 11.5 Å². The average Bonchev–Trinajstić information content (AvgIpc) is 2.81. The molecule has 1 heterocycles. The van der Waals surface area contributed by atoms with E-state index >= 15 is 0 Å². The fraction of sp³-hybridized carbons (Fsp3) is 0.536. The summed E-state index contributed by atoms with van der Waals surface area (Å²) in [5.41, 5.74) is 2.29. The molecule has 0 amide bonds. The van der Waals surface area contributed by atoms with Gasteiger partial charge in [-0.05, 0) is 54.2 Å². The minimum Gasteiger partial charge on any atom is -0.497 e. The van der Waals surface area contributed by atoms with E-state index < -0.39 is 12.1 Å². The summed E-state index contributed by atoms with van der Waals surface area (Å²) in [7, 11) is 1.67. The summed E-state index contributed by atoms with van der Waals surface area (Å²) in [6, 6.07) is 13.6. The highest BCUT2D eigenvalue weighted by Gasteiger charge is 2.28. The number of carboxylic acid groups (broad SMARTS) is 1. The van der Waals surface area contributed by atoms with Crippen LogP contribution < -0.4 is 14.3 Å². The quantitative estimate of drug-likeness (QED) is 0.482. The maximum atomic E-state index is 11.0. The van der Waals surface area contributed by atoms with Gasteiger partial charge < -0.3 is 24.5 Å². The molecule has 0 aromatic heterocycles. The number of aliphatic carboxylic acids is 1. The van der Waals surface area contributed by atoms with Crippen LogP contribution in [0.25, 0.3) is 0 Å². The van der Waals surface area contributed by atoms with Gasteiger partial charge in [-0.3, -0.25) is 9.69 Å². The van der Waals surface area contributed by atoms with Gasteiger partial charge in [0.05, 0.1) is 32.8 Å². The number of nitrogens with zero attached hydrogens (tertiary/aromatic N) is 2. The second kappa shape index (κ2) is 12.4. The smallest absolute Gasteiger partial charge is 0.306 e. The van der Waals surface area contributed by atoms with E-state index in [0.29, 0.717) is 37.6 Å². The van der Waals surface area contributed by atoms with E-state index in [0.717, 1.165) is 17.9 Å². The summed E-state index contributed by atoms with van der Waals surface area (Å²) < 4.78 is 11.0. The fourth-order valence-electron chi connectivity index (χ4n) is 4.50. The van der Waals surface area contributed by atoms with E-state index in [-0.39, 0.29) is 24.5 Å². The van der Waals surface area contributed by atoms with Crippen molar-refractivity contribution in [1.29, 1.82) is 0 Å². The van der Waals surface area contributed by atoms with Crippen LogP contribution in [0.4, 0.5) is 0 Å². The predicted molar refractivity (Wildman–Crippen MR) is 139 cm³/mol. The molecular weight excluding hydrogens is 460 g/mol. The number of aliphatic hydroxyl groups excluding tert-OH is 1. The van der Waals surface area contributed by atoms with Gasteiger partial charge in [-0.15, -0.1) is 5.06 Å². The lowest BCUT2D eigenvalue weighted by Gasteiger charge is -2.40. The van der Waals surface area contributed by atoms with Crippen molar-refractivity contribution in [2.24, 2.45) is 0 Å². The zero-order chi connectivity index (χ0) is 26.3. The normalized spacial score (nSPS) is 18.0. The number of para-hydroxylation sites is 2. The number of hydrogen-bond donors (Lipinski definition) is 2. The van der Waals surface area contributed by atoms with E-state index in [1.165, 1.54) is 5.56 Å². The molecule has 2 unspecified atom stereocenters. The molecule has 1 aliphatic rings. The molecule has 2 aromatic carbocycles. The molecule has 0 saturated carbocycles. The highest BCUT2D eigenvalue weighted by molar-refractivity contribution is 5.66. The van der Waals surface area contributed by atoms with Crippen molar-refractivity contribution in [2.45, 2.75) is 58.1 Å². The summed E-state index contributed by atoms with van der Waals surface area (Å²) in [5.74, 6) is 1.02. The number of β-amino-alcohol motifs (C(OH)–C–C–N with tert-alkyl or cyclic N) is 1. The fourth-order valence-corrected chi connectivity index (χ4v) is 4.50. The summed E-state index contributed by atoms with van der Waals surface area (Å²) in [6.07, 6.45) is 0.0269. The van der Waals surface area contributed by atoms with Gasteiger partial charge in [-0.2, -0.15) is 0 Å². The first-order valence-electron chi connectivity index (χ1n) is 12.5. The predicted octanol–water partition coefficient (Wildman–Crippen LogP) is 3.75. The molecule has 0 spiro atoms. The number of carbonyl (C=O) groups is 1. The molecular formula is C28H40N2O6. The second-order valence-corrected chi connectivity index (χ2v) is 10.4. The topological polar surface area (TPSA) is 91.7 Å². The molecule has 1 aliphatic heterocycles.